The minimum Gasteiger partial charge on any atom is -0.280 e. The van der Waals surface area contributed by atoms with Gasteiger partial charge in [0.25, 0.3) is 0 Å². The van der Waals surface area contributed by atoms with E-state index in [2.05, 4.69) is 20.2 Å². The lowest BCUT2D eigenvalue weighted by Crippen LogP contribution is -2.28. The van der Waals surface area contributed by atoms with Crippen LogP contribution < -0.4 is 10.0 Å². The molecule has 3 heterocycles. The number of anilines is 1. The Kier molecular flexibility index (Phi) is 3.30. The minimum atomic E-state index is -3.63. The zero-order valence-electron chi connectivity index (χ0n) is 10.7. The number of fused-ring (bicyclic) bond motifs is 1. The highest BCUT2D eigenvalue weighted by atomic mass is 35.5. The third kappa shape index (κ3) is 2.82. The molecule has 9 nitrogen and oxygen atoms in total. The fourth-order valence-corrected chi connectivity index (χ4v) is 3.42. The van der Waals surface area contributed by atoms with E-state index in [1.165, 1.54) is 11.1 Å². The summed E-state index contributed by atoms with van der Waals surface area (Å²) >= 11 is 6.01. The second-order valence-electron chi connectivity index (χ2n) is 4.85. The number of nitrogens with one attached hydrogen (secondary N) is 1. The van der Waals surface area contributed by atoms with Gasteiger partial charge in [-0.1, -0.05) is 11.6 Å². The number of nitrogens with zero attached hydrogens (tertiary/aromatic N) is 4. The molecule has 2 aromatic heterocycles. The number of amides is 1. The maximum absolute atomic E-state index is 12.0. The van der Waals surface area contributed by atoms with E-state index in [0.29, 0.717) is 11.0 Å². The Morgan fingerprint density at radius 1 is 1.48 bits per heavy atom. The van der Waals surface area contributed by atoms with Crippen molar-refractivity contribution in [3.8, 4) is 0 Å². The zero-order chi connectivity index (χ0) is 15.2. The molecule has 0 aliphatic carbocycles. The number of aromatic amines is 1. The number of H-pyrrole nitrogens is 1. The number of hydrogen-bond acceptors (Lipinski definition) is 6. The van der Waals surface area contributed by atoms with E-state index in [4.69, 9.17) is 16.7 Å². The van der Waals surface area contributed by atoms with Crippen LogP contribution in [0.2, 0.25) is 5.15 Å². The van der Waals surface area contributed by atoms with E-state index in [9.17, 15) is 13.2 Å². The lowest BCUT2D eigenvalue weighted by atomic mass is 10.1. The van der Waals surface area contributed by atoms with Crippen LogP contribution in [0.5, 0.6) is 0 Å². The van der Waals surface area contributed by atoms with Gasteiger partial charge in [-0.05, 0) is 0 Å². The van der Waals surface area contributed by atoms with Crippen molar-refractivity contribution < 1.29 is 13.2 Å². The van der Waals surface area contributed by atoms with Gasteiger partial charge in [0.2, 0.25) is 21.9 Å². The molecule has 1 fully saturated rings. The van der Waals surface area contributed by atoms with Crippen LogP contribution in [-0.2, 0) is 14.8 Å². The van der Waals surface area contributed by atoms with E-state index >= 15 is 0 Å². The second-order valence-corrected chi connectivity index (χ2v) is 6.87. The molecule has 1 aliphatic rings. The molecular formula is C10H11ClN6O3S. The predicted octanol–water partition coefficient (Wildman–Crippen LogP) is -0.352. The highest BCUT2D eigenvalue weighted by molar-refractivity contribution is 7.89. The van der Waals surface area contributed by atoms with Crippen LogP contribution in [0.1, 0.15) is 6.42 Å². The molecular weight excluding hydrogens is 320 g/mol. The Hall–Kier alpha value is -1.78. The molecule has 0 saturated carbocycles. The number of rotatable bonds is 3. The SMILES string of the molecule is NS(=O)(=O)CC1CC(=O)N(c2nc(Cl)c3cn[nH]c3n2)C1. The van der Waals surface area contributed by atoms with E-state index in [-0.39, 0.29) is 41.6 Å². The van der Waals surface area contributed by atoms with Crippen LogP contribution in [0.3, 0.4) is 0 Å². The van der Waals surface area contributed by atoms with Crippen molar-refractivity contribution in [2.45, 2.75) is 6.42 Å². The van der Waals surface area contributed by atoms with Crippen molar-refractivity contribution in [2.75, 3.05) is 17.2 Å². The summed E-state index contributed by atoms with van der Waals surface area (Å²) in [6.45, 7) is 0.186. The number of aromatic nitrogens is 4. The molecule has 0 bridgehead atoms. The van der Waals surface area contributed by atoms with Gasteiger partial charge in [-0.25, -0.2) is 13.6 Å². The summed E-state index contributed by atoms with van der Waals surface area (Å²) in [5.41, 5.74) is 0.410. The van der Waals surface area contributed by atoms with Gasteiger partial charge in [0.05, 0.1) is 17.3 Å². The molecule has 3 rings (SSSR count). The first-order valence-electron chi connectivity index (χ1n) is 6.01. The molecule has 21 heavy (non-hydrogen) atoms. The first-order valence-corrected chi connectivity index (χ1v) is 8.10. The molecule has 1 amide bonds. The molecule has 3 N–H and O–H groups in total. The number of carbonyl (C=O) groups excluding carboxylic acids is 1. The normalized spacial score (nSPS) is 19.6. The fraction of sp³-hybridized carbons (Fsp3) is 0.400. The average molecular weight is 331 g/mol. The third-order valence-electron chi connectivity index (χ3n) is 3.17. The standard InChI is InChI=1S/C10H11ClN6O3S/c11-8-6-2-13-16-9(6)15-10(14-8)17-3-5(1-7(17)18)4-21(12,19)20/h2,5H,1,3-4H2,(H2,12,19,20)(H,13,14,15,16). The van der Waals surface area contributed by atoms with Crippen molar-refractivity contribution in [3.05, 3.63) is 11.3 Å². The van der Waals surface area contributed by atoms with Crippen molar-refractivity contribution in [2.24, 2.45) is 11.1 Å². The minimum absolute atomic E-state index is 0.0818. The first kappa shape index (κ1) is 14.2. The van der Waals surface area contributed by atoms with Gasteiger partial charge in [0.1, 0.15) is 5.15 Å². The van der Waals surface area contributed by atoms with Crippen LogP contribution >= 0.6 is 11.6 Å². The monoisotopic (exact) mass is 330 g/mol. The summed E-state index contributed by atoms with van der Waals surface area (Å²) in [5, 5.41) is 12.2. The molecule has 0 spiro atoms. The Morgan fingerprint density at radius 2 is 2.24 bits per heavy atom. The Balaban J connectivity index is 1.90. The van der Waals surface area contributed by atoms with Gasteiger partial charge in [0.15, 0.2) is 5.65 Å². The van der Waals surface area contributed by atoms with Gasteiger partial charge in [-0.3, -0.25) is 14.8 Å². The van der Waals surface area contributed by atoms with Crippen LogP contribution in [0.25, 0.3) is 11.0 Å². The molecule has 1 atom stereocenters. The summed E-state index contributed by atoms with van der Waals surface area (Å²) in [6, 6.07) is 0. The number of halogens is 1. The highest BCUT2D eigenvalue weighted by Crippen LogP contribution is 2.26. The molecule has 1 saturated heterocycles. The molecule has 1 unspecified atom stereocenters. The average Bonchev–Trinajstić information content (AvgIpc) is 2.93. The smallest absolute Gasteiger partial charge is 0.235 e. The quantitative estimate of drug-likeness (QED) is 0.738. The van der Waals surface area contributed by atoms with Gasteiger partial charge in [-0.2, -0.15) is 15.1 Å². The van der Waals surface area contributed by atoms with Crippen LogP contribution in [0.4, 0.5) is 5.95 Å². The van der Waals surface area contributed by atoms with Crippen molar-refractivity contribution >= 4 is 44.5 Å². The van der Waals surface area contributed by atoms with Gasteiger partial charge in [0, 0.05) is 18.9 Å². The molecule has 0 aromatic carbocycles. The topological polar surface area (TPSA) is 135 Å². The summed E-state index contributed by atoms with van der Waals surface area (Å²) < 4.78 is 22.2. The fourth-order valence-electron chi connectivity index (χ4n) is 2.32. The zero-order valence-corrected chi connectivity index (χ0v) is 12.2. The number of carbonyl (C=O) groups is 1. The summed E-state index contributed by atoms with van der Waals surface area (Å²) in [7, 11) is -3.63. The number of nitrogens with two attached hydrogens (primary N) is 1. The molecule has 0 radical (unpaired) electrons. The van der Waals surface area contributed by atoms with Gasteiger partial charge in [-0.15, -0.1) is 0 Å². The Morgan fingerprint density at radius 3 is 2.95 bits per heavy atom. The van der Waals surface area contributed by atoms with Gasteiger partial charge < -0.3 is 0 Å². The van der Waals surface area contributed by atoms with Crippen LogP contribution in [0.15, 0.2) is 6.20 Å². The van der Waals surface area contributed by atoms with E-state index in [1.54, 1.807) is 0 Å². The largest absolute Gasteiger partial charge is 0.280 e. The lowest BCUT2D eigenvalue weighted by molar-refractivity contribution is -0.117. The van der Waals surface area contributed by atoms with Crippen LogP contribution in [-0.4, -0.2) is 46.8 Å². The van der Waals surface area contributed by atoms with E-state index in [1.807, 2.05) is 0 Å². The summed E-state index contributed by atoms with van der Waals surface area (Å²) in [4.78, 5) is 21.5. The van der Waals surface area contributed by atoms with E-state index < -0.39 is 10.0 Å². The first-order chi connectivity index (χ1) is 9.83. The van der Waals surface area contributed by atoms with Crippen molar-refractivity contribution in [1.82, 2.24) is 20.2 Å². The molecule has 11 heteroatoms. The maximum Gasteiger partial charge on any atom is 0.235 e. The second kappa shape index (κ2) is 4.90. The number of sulfonamides is 1. The van der Waals surface area contributed by atoms with E-state index in [0.717, 1.165) is 0 Å². The Bertz CT molecular complexity index is 819. The number of hydrogen-bond donors (Lipinski definition) is 2. The third-order valence-corrected chi connectivity index (χ3v) is 4.39. The molecule has 1 aliphatic heterocycles. The van der Waals surface area contributed by atoms with Crippen LogP contribution in [0, 0.1) is 5.92 Å². The molecule has 112 valence electrons. The summed E-state index contributed by atoms with van der Waals surface area (Å²) in [6.07, 6.45) is 1.56. The summed E-state index contributed by atoms with van der Waals surface area (Å²) in [5.74, 6) is -0.778. The van der Waals surface area contributed by atoms with Gasteiger partial charge >= 0.3 is 0 Å². The lowest BCUT2D eigenvalue weighted by Gasteiger charge is -2.14. The molecule has 2 aromatic rings. The highest BCUT2D eigenvalue weighted by Gasteiger charge is 2.34. The van der Waals surface area contributed by atoms with Crippen molar-refractivity contribution in [3.63, 3.8) is 0 Å². The maximum atomic E-state index is 12.0. The van der Waals surface area contributed by atoms with Crippen molar-refractivity contribution in [1.29, 1.82) is 0 Å². The Labute approximate surface area is 124 Å². The number of primary sulfonamides is 1. The predicted molar refractivity (Wildman–Crippen MR) is 75.1 cm³/mol.